The van der Waals surface area contributed by atoms with Crippen molar-refractivity contribution < 1.29 is 14.3 Å². The van der Waals surface area contributed by atoms with E-state index in [1.165, 1.54) is 6.07 Å². The molecule has 0 spiro atoms. The van der Waals surface area contributed by atoms with E-state index in [1.807, 2.05) is 0 Å². The fourth-order valence-corrected chi connectivity index (χ4v) is 2.00. The van der Waals surface area contributed by atoms with E-state index in [1.54, 1.807) is 0 Å². The minimum absolute atomic E-state index is 0.161. The topological polar surface area (TPSA) is 49.3 Å². The Morgan fingerprint density at radius 2 is 2.33 bits per heavy atom. The number of carboxylic acid groups (broad SMARTS) is 1. The van der Waals surface area contributed by atoms with E-state index < -0.39 is 11.8 Å². The molecular formula is C10H9ClFNO2. The molecule has 0 radical (unpaired) electrons. The van der Waals surface area contributed by atoms with Crippen molar-refractivity contribution in [2.24, 2.45) is 0 Å². The highest BCUT2D eigenvalue weighted by molar-refractivity contribution is 6.34. The molecular weight excluding hydrogens is 221 g/mol. The molecule has 80 valence electrons. The molecule has 1 aliphatic heterocycles. The standard InChI is InChI=1S/C10H9ClFNO2/c11-8-6(12)4-5-2-1-3-13-9(5)7(8)10(14)15/h4,13H,1-3H2,(H,14,15). The van der Waals surface area contributed by atoms with E-state index in [-0.39, 0.29) is 10.6 Å². The first kappa shape index (κ1) is 10.2. The summed E-state index contributed by atoms with van der Waals surface area (Å²) in [5.74, 6) is -1.87. The van der Waals surface area contributed by atoms with E-state index in [9.17, 15) is 9.18 Å². The number of carboxylic acids is 1. The van der Waals surface area contributed by atoms with Gasteiger partial charge in [0.15, 0.2) is 0 Å². The summed E-state index contributed by atoms with van der Waals surface area (Å²) >= 11 is 5.63. The van der Waals surface area contributed by atoms with Gasteiger partial charge in [0.1, 0.15) is 11.4 Å². The van der Waals surface area contributed by atoms with Crippen LogP contribution in [0.4, 0.5) is 10.1 Å². The van der Waals surface area contributed by atoms with Crippen LogP contribution in [-0.4, -0.2) is 17.6 Å². The van der Waals surface area contributed by atoms with Crippen LogP contribution < -0.4 is 5.32 Å². The highest BCUT2D eigenvalue weighted by Crippen LogP contribution is 2.33. The van der Waals surface area contributed by atoms with Crippen molar-refractivity contribution in [1.82, 2.24) is 0 Å². The minimum Gasteiger partial charge on any atom is -0.478 e. The second-order valence-electron chi connectivity index (χ2n) is 3.42. The fraction of sp³-hybridized carbons (Fsp3) is 0.300. The molecule has 0 aliphatic carbocycles. The second-order valence-corrected chi connectivity index (χ2v) is 3.79. The largest absolute Gasteiger partial charge is 0.478 e. The van der Waals surface area contributed by atoms with Crippen molar-refractivity contribution in [3.05, 3.63) is 28.0 Å². The lowest BCUT2D eigenvalue weighted by Gasteiger charge is -2.20. The zero-order chi connectivity index (χ0) is 11.0. The van der Waals surface area contributed by atoms with Gasteiger partial charge in [0.05, 0.1) is 10.7 Å². The third-order valence-corrected chi connectivity index (χ3v) is 2.81. The number of halogens is 2. The molecule has 0 bridgehead atoms. The number of hydrogen-bond donors (Lipinski definition) is 2. The third kappa shape index (κ3) is 1.65. The van der Waals surface area contributed by atoms with Crippen LogP contribution in [-0.2, 0) is 6.42 Å². The molecule has 0 fully saturated rings. The van der Waals surface area contributed by atoms with Crippen LogP contribution in [0.5, 0.6) is 0 Å². The molecule has 2 rings (SSSR count). The van der Waals surface area contributed by atoms with Gasteiger partial charge in [0.25, 0.3) is 0 Å². The molecule has 0 unspecified atom stereocenters. The van der Waals surface area contributed by atoms with Gasteiger partial charge < -0.3 is 10.4 Å². The number of fused-ring (bicyclic) bond motifs is 1. The van der Waals surface area contributed by atoms with E-state index in [0.717, 1.165) is 6.42 Å². The lowest BCUT2D eigenvalue weighted by atomic mass is 9.99. The molecule has 0 amide bonds. The maximum atomic E-state index is 13.3. The maximum Gasteiger partial charge on any atom is 0.339 e. The van der Waals surface area contributed by atoms with E-state index >= 15 is 0 Å². The van der Waals surface area contributed by atoms with Gasteiger partial charge in [-0.15, -0.1) is 0 Å². The Morgan fingerprint density at radius 3 is 3.00 bits per heavy atom. The molecule has 1 aromatic carbocycles. The Balaban J connectivity index is 2.68. The Hall–Kier alpha value is -1.29. The Kier molecular flexibility index (Phi) is 2.52. The molecule has 1 heterocycles. The molecule has 0 saturated carbocycles. The number of aromatic carboxylic acids is 1. The molecule has 5 heteroatoms. The molecule has 0 atom stereocenters. The zero-order valence-electron chi connectivity index (χ0n) is 7.81. The van der Waals surface area contributed by atoms with Gasteiger partial charge in [0, 0.05) is 6.54 Å². The van der Waals surface area contributed by atoms with Crippen LogP contribution in [0.3, 0.4) is 0 Å². The first-order valence-corrected chi connectivity index (χ1v) is 4.97. The van der Waals surface area contributed by atoms with Crippen LogP contribution in [0.15, 0.2) is 6.07 Å². The van der Waals surface area contributed by atoms with Crippen LogP contribution in [0, 0.1) is 5.82 Å². The Labute approximate surface area is 90.9 Å². The first-order valence-electron chi connectivity index (χ1n) is 4.59. The van der Waals surface area contributed by atoms with Crippen molar-refractivity contribution in [2.75, 3.05) is 11.9 Å². The van der Waals surface area contributed by atoms with Crippen molar-refractivity contribution in [3.8, 4) is 0 Å². The van der Waals surface area contributed by atoms with Gasteiger partial charge in [-0.3, -0.25) is 0 Å². The number of benzene rings is 1. The quantitative estimate of drug-likeness (QED) is 0.778. The number of rotatable bonds is 1. The number of nitrogens with one attached hydrogen (secondary N) is 1. The fourth-order valence-electron chi connectivity index (χ4n) is 1.77. The van der Waals surface area contributed by atoms with Crippen LogP contribution in [0.2, 0.25) is 5.02 Å². The lowest BCUT2D eigenvalue weighted by Crippen LogP contribution is -2.17. The van der Waals surface area contributed by atoms with Crippen molar-refractivity contribution in [2.45, 2.75) is 12.8 Å². The third-order valence-electron chi connectivity index (χ3n) is 2.44. The molecule has 0 aromatic heterocycles. The molecule has 1 aliphatic rings. The molecule has 2 N–H and O–H groups in total. The van der Waals surface area contributed by atoms with E-state index in [4.69, 9.17) is 16.7 Å². The molecule has 3 nitrogen and oxygen atoms in total. The number of carbonyl (C=O) groups is 1. The van der Waals surface area contributed by atoms with Crippen molar-refractivity contribution in [3.63, 3.8) is 0 Å². The predicted octanol–water partition coefficient (Wildman–Crippen LogP) is 2.54. The summed E-state index contributed by atoms with van der Waals surface area (Å²) in [6.45, 7) is 0.690. The Bertz CT molecular complexity index is 434. The number of aryl methyl sites for hydroxylation is 1. The normalized spacial score (nSPS) is 14.3. The van der Waals surface area contributed by atoms with Gasteiger partial charge in [0.2, 0.25) is 0 Å². The van der Waals surface area contributed by atoms with Gasteiger partial charge in [-0.25, -0.2) is 9.18 Å². The first-order chi connectivity index (χ1) is 7.11. The number of hydrogen-bond acceptors (Lipinski definition) is 2. The van der Waals surface area contributed by atoms with Gasteiger partial charge in [-0.2, -0.15) is 0 Å². The summed E-state index contributed by atoms with van der Waals surface area (Å²) < 4.78 is 13.3. The van der Waals surface area contributed by atoms with Crippen LogP contribution in [0.25, 0.3) is 0 Å². The summed E-state index contributed by atoms with van der Waals surface area (Å²) in [6.07, 6.45) is 1.55. The predicted molar refractivity (Wildman–Crippen MR) is 55.2 cm³/mol. The molecule has 1 aromatic rings. The summed E-state index contributed by atoms with van der Waals surface area (Å²) in [7, 11) is 0. The van der Waals surface area contributed by atoms with Gasteiger partial charge >= 0.3 is 5.97 Å². The summed E-state index contributed by atoms with van der Waals surface area (Å²) in [6, 6.07) is 1.30. The van der Waals surface area contributed by atoms with Crippen LogP contribution in [0.1, 0.15) is 22.3 Å². The van der Waals surface area contributed by atoms with E-state index in [0.29, 0.717) is 24.2 Å². The second kappa shape index (κ2) is 3.70. The summed E-state index contributed by atoms with van der Waals surface area (Å²) in [5.41, 5.74) is 0.979. The Morgan fingerprint density at radius 1 is 1.60 bits per heavy atom. The monoisotopic (exact) mass is 229 g/mol. The summed E-state index contributed by atoms with van der Waals surface area (Å²) in [4.78, 5) is 11.0. The van der Waals surface area contributed by atoms with Crippen molar-refractivity contribution >= 4 is 23.3 Å². The van der Waals surface area contributed by atoms with E-state index in [2.05, 4.69) is 5.32 Å². The van der Waals surface area contributed by atoms with Gasteiger partial charge in [-0.1, -0.05) is 11.6 Å². The lowest BCUT2D eigenvalue weighted by molar-refractivity contribution is 0.0697. The number of anilines is 1. The van der Waals surface area contributed by atoms with Gasteiger partial charge in [-0.05, 0) is 24.5 Å². The molecule has 15 heavy (non-hydrogen) atoms. The smallest absolute Gasteiger partial charge is 0.339 e. The highest BCUT2D eigenvalue weighted by atomic mass is 35.5. The zero-order valence-corrected chi connectivity index (χ0v) is 8.57. The maximum absolute atomic E-state index is 13.3. The van der Waals surface area contributed by atoms with Crippen molar-refractivity contribution in [1.29, 1.82) is 0 Å². The average molecular weight is 230 g/mol. The average Bonchev–Trinajstić information content (AvgIpc) is 2.19. The summed E-state index contributed by atoms with van der Waals surface area (Å²) in [5, 5.41) is 11.6. The SMILES string of the molecule is O=C(O)c1c(Cl)c(F)cc2c1NCCC2. The minimum atomic E-state index is -1.20. The highest BCUT2D eigenvalue weighted by Gasteiger charge is 2.23. The van der Waals surface area contributed by atoms with Crippen LogP contribution >= 0.6 is 11.6 Å². The molecule has 0 saturated heterocycles.